The minimum Gasteiger partial charge on any atom is -0.548 e. The number of hydrogen-bond acceptors (Lipinski definition) is 7. The fraction of sp³-hybridized carbons (Fsp3) is 0.400. The number of hydrogen-bond donors (Lipinski definition) is 2. The molecule has 2 N–H and O–H groups in total. The zero-order chi connectivity index (χ0) is 21.1. The van der Waals surface area contributed by atoms with Crippen molar-refractivity contribution in [2.75, 3.05) is 13.1 Å². The van der Waals surface area contributed by atoms with Gasteiger partial charge in [-0.25, -0.2) is 4.79 Å². The normalized spacial score (nSPS) is 13.6. The lowest BCUT2D eigenvalue weighted by Crippen LogP contribution is -2.45. The highest BCUT2D eigenvalue weighted by molar-refractivity contribution is 5.89. The molecule has 0 unspecified atom stereocenters. The Balaban J connectivity index is 1.69. The summed E-state index contributed by atoms with van der Waals surface area (Å²) in [5, 5.41) is 15.6. The van der Waals surface area contributed by atoms with Crippen LogP contribution >= 0.6 is 0 Å². The van der Waals surface area contributed by atoms with E-state index in [1.165, 1.54) is 6.92 Å². The average molecular weight is 401 g/mol. The predicted molar refractivity (Wildman–Crippen MR) is 100 cm³/mol. The van der Waals surface area contributed by atoms with E-state index in [-0.39, 0.29) is 5.63 Å². The third kappa shape index (κ3) is 4.39. The van der Waals surface area contributed by atoms with E-state index in [9.17, 15) is 24.3 Å². The molecule has 1 atom stereocenters. The summed E-state index contributed by atoms with van der Waals surface area (Å²) in [5.41, 5.74) is 2.47. The van der Waals surface area contributed by atoms with Gasteiger partial charge in [0.05, 0.1) is 19.1 Å². The molecule has 1 aromatic heterocycles. The van der Waals surface area contributed by atoms with Gasteiger partial charge < -0.3 is 29.7 Å². The Labute approximate surface area is 166 Å². The standard InChI is InChI=1S/C20H22N2O7/c1-10-15(28-11(2)19(26)22-8-16(23)21-9-17(24)25)7-6-13-12-4-3-5-14(12)20(27)29-18(10)13/h6-7,11H,3-5,8-9H2,1-2H3,(H,21,23)(H,22,26)(H,24,25)/p-1/t11-/m1/s1. The van der Waals surface area contributed by atoms with Crippen LogP contribution in [0.1, 0.15) is 30.0 Å². The number of aliphatic carboxylic acids is 1. The van der Waals surface area contributed by atoms with Gasteiger partial charge in [0.15, 0.2) is 6.10 Å². The molecule has 0 saturated carbocycles. The first-order chi connectivity index (χ1) is 13.8. The van der Waals surface area contributed by atoms with Crippen molar-refractivity contribution in [1.82, 2.24) is 10.6 Å². The number of ether oxygens (including phenoxy) is 1. The van der Waals surface area contributed by atoms with Gasteiger partial charge in [0, 0.05) is 16.5 Å². The van der Waals surface area contributed by atoms with E-state index in [1.807, 2.05) is 6.07 Å². The predicted octanol–water partition coefficient (Wildman–Crippen LogP) is -0.660. The molecule has 2 amide bonds. The van der Waals surface area contributed by atoms with Crippen molar-refractivity contribution in [3.05, 3.63) is 39.2 Å². The van der Waals surface area contributed by atoms with Crippen molar-refractivity contribution < 1.29 is 28.6 Å². The second-order valence-corrected chi connectivity index (χ2v) is 6.89. The van der Waals surface area contributed by atoms with Gasteiger partial charge in [-0.15, -0.1) is 0 Å². The van der Waals surface area contributed by atoms with Crippen LogP contribution in [0.15, 0.2) is 21.3 Å². The van der Waals surface area contributed by atoms with Crippen LogP contribution in [0.2, 0.25) is 0 Å². The van der Waals surface area contributed by atoms with Gasteiger partial charge in [0.25, 0.3) is 5.91 Å². The third-order valence-electron chi connectivity index (χ3n) is 4.87. The summed E-state index contributed by atoms with van der Waals surface area (Å²) < 4.78 is 11.2. The lowest BCUT2D eigenvalue weighted by atomic mass is 10.0. The Kier molecular flexibility index (Phi) is 5.86. The fourth-order valence-corrected chi connectivity index (χ4v) is 3.38. The van der Waals surface area contributed by atoms with Crippen LogP contribution in [-0.4, -0.2) is 37.0 Å². The molecule has 0 radical (unpaired) electrons. The molecule has 154 valence electrons. The summed E-state index contributed by atoms with van der Waals surface area (Å²) in [6, 6.07) is 3.55. The molecular weight excluding hydrogens is 380 g/mol. The zero-order valence-electron chi connectivity index (χ0n) is 16.1. The summed E-state index contributed by atoms with van der Waals surface area (Å²) in [6.45, 7) is 2.24. The second-order valence-electron chi connectivity index (χ2n) is 6.89. The Bertz CT molecular complexity index is 1040. The topological polar surface area (TPSA) is 138 Å². The summed E-state index contributed by atoms with van der Waals surface area (Å²) in [5.74, 6) is -2.25. The van der Waals surface area contributed by atoms with Crippen LogP contribution in [0.25, 0.3) is 11.0 Å². The van der Waals surface area contributed by atoms with Crippen molar-refractivity contribution in [2.24, 2.45) is 0 Å². The molecule has 1 aliphatic carbocycles. The molecule has 0 aliphatic heterocycles. The van der Waals surface area contributed by atoms with Crippen molar-refractivity contribution >= 4 is 28.8 Å². The second kappa shape index (κ2) is 8.34. The molecule has 0 spiro atoms. The highest BCUT2D eigenvalue weighted by Gasteiger charge is 2.22. The lowest BCUT2D eigenvalue weighted by Gasteiger charge is -2.17. The summed E-state index contributed by atoms with van der Waals surface area (Å²) >= 11 is 0. The highest BCUT2D eigenvalue weighted by Crippen LogP contribution is 2.33. The van der Waals surface area contributed by atoms with Gasteiger partial charge in [0.1, 0.15) is 11.3 Å². The molecule has 1 heterocycles. The number of benzene rings is 1. The number of fused-ring (bicyclic) bond motifs is 3. The molecular formula is C20H21N2O7-. The lowest BCUT2D eigenvalue weighted by molar-refractivity contribution is -0.304. The smallest absolute Gasteiger partial charge is 0.339 e. The molecule has 0 saturated heterocycles. The largest absolute Gasteiger partial charge is 0.548 e. The Hall–Kier alpha value is -3.36. The molecule has 29 heavy (non-hydrogen) atoms. The maximum atomic E-state index is 12.2. The molecule has 1 aromatic carbocycles. The molecule has 2 aromatic rings. The average Bonchev–Trinajstić information content (AvgIpc) is 3.18. The van der Waals surface area contributed by atoms with E-state index in [0.717, 1.165) is 35.8 Å². The number of nitrogens with one attached hydrogen (secondary N) is 2. The monoisotopic (exact) mass is 401 g/mol. The first-order valence-corrected chi connectivity index (χ1v) is 9.27. The molecule has 0 bridgehead atoms. The van der Waals surface area contributed by atoms with Gasteiger partial charge in [-0.05, 0) is 50.8 Å². The molecule has 9 heteroatoms. The Morgan fingerprint density at radius 2 is 1.90 bits per heavy atom. The van der Waals surface area contributed by atoms with Crippen LogP contribution < -0.4 is 26.1 Å². The number of carboxylic acids is 1. The number of rotatable bonds is 7. The summed E-state index contributed by atoms with van der Waals surface area (Å²) in [7, 11) is 0. The molecule has 9 nitrogen and oxygen atoms in total. The summed E-state index contributed by atoms with van der Waals surface area (Å²) in [4.78, 5) is 46.1. The van der Waals surface area contributed by atoms with Gasteiger partial charge >= 0.3 is 5.63 Å². The van der Waals surface area contributed by atoms with E-state index in [0.29, 0.717) is 16.9 Å². The van der Waals surface area contributed by atoms with Crippen LogP contribution in [0.5, 0.6) is 5.75 Å². The van der Waals surface area contributed by atoms with Crippen LogP contribution in [-0.2, 0) is 27.2 Å². The van der Waals surface area contributed by atoms with Gasteiger partial charge in [0.2, 0.25) is 5.91 Å². The number of aryl methyl sites for hydroxylation is 2. The Morgan fingerprint density at radius 3 is 2.62 bits per heavy atom. The van der Waals surface area contributed by atoms with E-state index < -0.39 is 37.0 Å². The van der Waals surface area contributed by atoms with Crippen molar-refractivity contribution in [1.29, 1.82) is 0 Å². The maximum absolute atomic E-state index is 12.2. The zero-order valence-corrected chi connectivity index (χ0v) is 16.1. The minimum absolute atomic E-state index is 0.335. The summed E-state index contributed by atoms with van der Waals surface area (Å²) in [6.07, 6.45) is 1.54. The van der Waals surface area contributed by atoms with E-state index >= 15 is 0 Å². The van der Waals surface area contributed by atoms with Crippen molar-refractivity contribution in [2.45, 2.75) is 39.2 Å². The van der Waals surface area contributed by atoms with Gasteiger partial charge in [-0.1, -0.05) is 0 Å². The van der Waals surface area contributed by atoms with E-state index in [1.54, 1.807) is 13.0 Å². The van der Waals surface area contributed by atoms with E-state index in [4.69, 9.17) is 9.15 Å². The van der Waals surface area contributed by atoms with Gasteiger partial charge in [-0.3, -0.25) is 9.59 Å². The van der Waals surface area contributed by atoms with Crippen molar-refractivity contribution in [3.63, 3.8) is 0 Å². The molecule has 1 aliphatic rings. The van der Waals surface area contributed by atoms with Crippen LogP contribution in [0.4, 0.5) is 0 Å². The number of carbonyl (C=O) groups excluding carboxylic acids is 3. The minimum atomic E-state index is -1.43. The highest BCUT2D eigenvalue weighted by atomic mass is 16.5. The van der Waals surface area contributed by atoms with Crippen molar-refractivity contribution in [3.8, 4) is 5.75 Å². The SMILES string of the molecule is Cc1c(O[C@H](C)C(=O)NCC(=O)NCC(=O)[O-])ccc2c3c(c(=O)oc12)CCC3. The van der Waals surface area contributed by atoms with E-state index in [2.05, 4.69) is 10.6 Å². The number of carbonyl (C=O) groups is 3. The molecule has 3 rings (SSSR count). The first-order valence-electron chi connectivity index (χ1n) is 9.27. The number of carboxylic acid groups (broad SMARTS) is 1. The number of amides is 2. The third-order valence-corrected chi connectivity index (χ3v) is 4.87. The molecule has 0 fully saturated rings. The van der Waals surface area contributed by atoms with Crippen LogP contribution in [0, 0.1) is 6.92 Å². The van der Waals surface area contributed by atoms with Gasteiger partial charge in [-0.2, -0.15) is 0 Å². The van der Waals surface area contributed by atoms with Crippen LogP contribution in [0.3, 0.4) is 0 Å². The quantitative estimate of drug-likeness (QED) is 0.588. The maximum Gasteiger partial charge on any atom is 0.339 e. The fourth-order valence-electron chi connectivity index (χ4n) is 3.38. The Morgan fingerprint density at radius 1 is 1.17 bits per heavy atom. The first kappa shape index (κ1) is 20.4.